The number of carbonyl (C=O) groups is 2. The van der Waals surface area contributed by atoms with Crippen molar-refractivity contribution in [3.63, 3.8) is 0 Å². The molecule has 19 heteroatoms. The minimum absolute atomic E-state index is 0.0287. The molecule has 1 aliphatic heterocycles. The minimum atomic E-state index is -5.37. The number of allylic oxidation sites excluding steroid dienone is 5. The predicted molar refractivity (Wildman–Crippen MR) is 250 cm³/mol. The maximum Gasteiger partial charge on any atom is 0.472 e. The van der Waals surface area contributed by atoms with Crippen molar-refractivity contribution in [3.8, 4) is 0 Å². The second-order valence-electron chi connectivity index (χ2n) is 17.6. The average Bonchev–Trinajstić information content (AvgIpc) is 4.03. The van der Waals surface area contributed by atoms with Gasteiger partial charge in [0.25, 0.3) is 0 Å². The van der Waals surface area contributed by atoms with Gasteiger partial charge in [0.2, 0.25) is 0 Å². The van der Waals surface area contributed by atoms with E-state index in [-0.39, 0.29) is 12.8 Å². The summed E-state index contributed by atoms with van der Waals surface area (Å²) in [4.78, 5) is 54.4. The Hall–Kier alpha value is -1.82. The number of esters is 2. The zero-order valence-corrected chi connectivity index (χ0v) is 41.4. The lowest BCUT2D eigenvalue weighted by atomic mass is 9.85. The number of aliphatic hydroxyl groups excluding tert-OH is 4. The highest BCUT2D eigenvalue weighted by Crippen LogP contribution is 2.49. The van der Waals surface area contributed by atoms with Gasteiger partial charge in [0.1, 0.15) is 43.2 Å². The van der Waals surface area contributed by atoms with Gasteiger partial charge >= 0.3 is 27.6 Å². The molecule has 1 saturated carbocycles. The molecule has 2 fully saturated rings. The number of unbranched alkanes of at least 4 members (excludes halogenated alkanes) is 17. The second-order valence-corrected chi connectivity index (χ2v) is 20.2. The van der Waals surface area contributed by atoms with Crippen LogP contribution in [0.1, 0.15) is 181 Å². The van der Waals surface area contributed by atoms with Crippen LogP contribution in [0.3, 0.4) is 0 Å². The van der Waals surface area contributed by atoms with E-state index in [2.05, 4.69) is 54.8 Å². The molecule has 1 saturated heterocycles. The fourth-order valence-corrected chi connectivity index (χ4v) is 9.19. The molecule has 7 unspecified atom stereocenters. The Bertz CT molecular complexity index is 1490. The van der Waals surface area contributed by atoms with Crippen LogP contribution in [-0.4, -0.2) is 115 Å². The largest absolute Gasteiger partial charge is 0.472 e. The van der Waals surface area contributed by atoms with Crippen molar-refractivity contribution in [2.45, 2.75) is 236 Å². The first-order valence-corrected chi connectivity index (χ1v) is 27.7. The molecule has 1 heterocycles. The second kappa shape index (κ2) is 35.3. The zero-order chi connectivity index (χ0) is 48.6. The molecule has 0 aromatic heterocycles. The molecule has 0 spiro atoms. The Labute approximate surface area is 393 Å². The monoisotopic (exact) mass is 983 g/mol. The van der Waals surface area contributed by atoms with Crippen molar-refractivity contribution >= 4 is 27.6 Å². The Kier molecular flexibility index (Phi) is 32.3. The van der Waals surface area contributed by atoms with Gasteiger partial charge in [-0.2, -0.15) is 0 Å². The fourth-order valence-electron chi connectivity index (χ4n) is 7.65. The molecular weight excluding hydrogens is 898 g/mol. The van der Waals surface area contributed by atoms with Gasteiger partial charge in [0, 0.05) is 12.8 Å². The number of phosphoric ester groups is 2. The molecule has 0 aromatic carbocycles. The maximum absolute atomic E-state index is 13.0. The van der Waals surface area contributed by atoms with Crippen LogP contribution in [0.4, 0.5) is 0 Å². The SMILES string of the molecule is CCCCC/C=C\C/C=C\CCCCCCCCCC(=O)O[C@H](COC(=O)CCCCCCCC1OC1C/C=C\CCCCC)COP(=O)(O)O[C@H]1C(O)C(O)C(O)[C@@H](OP(=O)(O)O)C1O. The fraction of sp³-hybridized carbons (Fsp3) is 0.830. The van der Waals surface area contributed by atoms with Gasteiger partial charge in [0.05, 0.1) is 18.8 Å². The average molecular weight is 983 g/mol. The molecule has 10 atom stereocenters. The van der Waals surface area contributed by atoms with Gasteiger partial charge in [-0.05, 0) is 70.6 Å². The maximum atomic E-state index is 13.0. The van der Waals surface area contributed by atoms with E-state index < -0.39 is 83.5 Å². The molecule has 2 rings (SSSR count). The molecular formula is C47H84O17P2. The van der Waals surface area contributed by atoms with E-state index in [0.717, 1.165) is 103 Å². The highest BCUT2D eigenvalue weighted by molar-refractivity contribution is 7.47. The molecule has 1 aliphatic carbocycles. The van der Waals surface area contributed by atoms with Crippen molar-refractivity contribution in [2.24, 2.45) is 0 Å². The molecule has 0 bridgehead atoms. The van der Waals surface area contributed by atoms with Crippen molar-refractivity contribution in [3.05, 3.63) is 36.5 Å². The van der Waals surface area contributed by atoms with E-state index in [9.17, 15) is 53.8 Å². The standard InChI is InChI=1S/C47H84O17P2/c1-3-5-7-9-11-12-13-14-15-16-17-18-19-20-21-25-30-34-41(49)61-37(36-60-66(57,58)64-47-44(52)42(50)43(51)46(45(47)53)63-65(54,55)56)35-59-40(48)33-29-26-22-24-28-32-39-38(62-39)31-27-23-10-8-6-4-2/h11-12,14-15,23,27,37-39,42-47,50-53H,3-10,13,16-22,24-26,28-36H2,1-2H3,(H,57,58)(H2,54,55,56)/b12-11-,15-14-,27-23-/t37-,38?,39?,42?,43?,44?,45?,46-,47+/m1/s1. The number of epoxide rings is 1. The molecule has 0 amide bonds. The van der Waals surface area contributed by atoms with Gasteiger partial charge in [-0.25, -0.2) is 9.13 Å². The quantitative estimate of drug-likeness (QED) is 0.00997. The number of rotatable bonds is 40. The first-order chi connectivity index (χ1) is 31.6. The molecule has 2 aliphatic rings. The summed E-state index contributed by atoms with van der Waals surface area (Å²) in [5.41, 5.74) is 0. The van der Waals surface area contributed by atoms with E-state index in [4.69, 9.17) is 23.3 Å². The molecule has 7 N–H and O–H groups in total. The first kappa shape index (κ1) is 60.3. The minimum Gasteiger partial charge on any atom is -0.462 e. The summed E-state index contributed by atoms with van der Waals surface area (Å²) in [5, 5.41) is 41.3. The van der Waals surface area contributed by atoms with Crippen molar-refractivity contribution in [1.29, 1.82) is 0 Å². The topological polar surface area (TPSA) is 269 Å². The summed E-state index contributed by atoms with van der Waals surface area (Å²) in [6.07, 6.45) is 23.9. The van der Waals surface area contributed by atoms with Crippen molar-refractivity contribution < 1.29 is 81.6 Å². The summed E-state index contributed by atoms with van der Waals surface area (Å²) in [7, 11) is -10.7. The third kappa shape index (κ3) is 28.6. The van der Waals surface area contributed by atoms with Crippen LogP contribution in [0, 0.1) is 0 Å². The van der Waals surface area contributed by atoms with E-state index in [1.807, 2.05) is 0 Å². The number of carbonyl (C=O) groups excluding carboxylic acids is 2. The van der Waals surface area contributed by atoms with Gasteiger partial charge in [-0.15, -0.1) is 0 Å². The van der Waals surface area contributed by atoms with Crippen LogP contribution < -0.4 is 0 Å². The lowest BCUT2D eigenvalue weighted by Gasteiger charge is -2.43. The summed E-state index contributed by atoms with van der Waals surface area (Å²) in [6, 6.07) is 0. The molecule has 0 radical (unpaired) electrons. The van der Waals surface area contributed by atoms with Crippen LogP contribution >= 0.6 is 15.6 Å². The smallest absolute Gasteiger partial charge is 0.462 e. The highest BCUT2D eigenvalue weighted by Gasteiger charge is 2.54. The van der Waals surface area contributed by atoms with Crippen molar-refractivity contribution in [1.82, 2.24) is 0 Å². The van der Waals surface area contributed by atoms with Gasteiger partial charge in [0.15, 0.2) is 6.10 Å². The van der Waals surface area contributed by atoms with Crippen LogP contribution in [0.25, 0.3) is 0 Å². The third-order valence-corrected chi connectivity index (χ3v) is 13.1. The number of phosphoric acid groups is 2. The van der Waals surface area contributed by atoms with Crippen LogP contribution in [-0.2, 0) is 46.5 Å². The molecule has 0 aromatic rings. The number of hydrogen-bond acceptors (Lipinski definition) is 14. The van der Waals surface area contributed by atoms with E-state index in [0.29, 0.717) is 25.0 Å². The summed E-state index contributed by atoms with van der Waals surface area (Å²) in [5.74, 6) is -1.24. The summed E-state index contributed by atoms with van der Waals surface area (Å²) < 4.78 is 55.2. The van der Waals surface area contributed by atoms with Gasteiger partial charge in [-0.3, -0.25) is 23.2 Å². The van der Waals surface area contributed by atoms with E-state index in [1.54, 1.807) is 0 Å². The number of ether oxygens (including phenoxy) is 3. The molecule has 66 heavy (non-hydrogen) atoms. The highest BCUT2D eigenvalue weighted by atomic mass is 31.2. The van der Waals surface area contributed by atoms with E-state index >= 15 is 0 Å². The Balaban J connectivity index is 1.78. The van der Waals surface area contributed by atoms with Gasteiger partial charge < -0.3 is 49.3 Å². The molecule has 384 valence electrons. The third-order valence-electron chi connectivity index (χ3n) is 11.6. The van der Waals surface area contributed by atoms with Crippen LogP contribution in [0.15, 0.2) is 36.5 Å². The Morgan fingerprint density at radius 2 is 1.06 bits per heavy atom. The Morgan fingerprint density at radius 1 is 0.561 bits per heavy atom. The lowest BCUT2D eigenvalue weighted by Crippen LogP contribution is -2.64. The van der Waals surface area contributed by atoms with Crippen LogP contribution in [0.2, 0.25) is 0 Å². The van der Waals surface area contributed by atoms with Crippen molar-refractivity contribution in [2.75, 3.05) is 13.2 Å². The summed E-state index contributed by atoms with van der Waals surface area (Å²) in [6.45, 7) is 3.03. The number of aliphatic hydroxyl groups is 4. The molecule has 17 nitrogen and oxygen atoms in total. The zero-order valence-electron chi connectivity index (χ0n) is 39.6. The van der Waals surface area contributed by atoms with Gasteiger partial charge in [-0.1, -0.05) is 134 Å². The van der Waals surface area contributed by atoms with Crippen LogP contribution in [0.5, 0.6) is 0 Å². The number of hydrogen-bond donors (Lipinski definition) is 7. The Morgan fingerprint density at radius 3 is 1.64 bits per heavy atom. The van der Waals surface area contributed by atoms with E-state index in [1.165, 1.54) is 38.5 Å². The first-order valence-electron chi connectivity index (χ1n) is 24.7. The predicted octanol–water partition coefficient (Wildman–Crippen LogP) is 8.50. The summed E-state index contributed by atoms with van der Waals surface area (Å²) >= 11 is 0. The lowest BCUT2D eigenvalue weighted by molar-refractivity contribution is -0.216. The normalized spacial score (nSPS) is 24.9.